The van der Waals surface area contributed by atoms with Gasteiger partial charge in [0.05, 0.1) is 14.7 Å². The van der Waals surface area contributed by atoms with Crippen molar-refractivity contribution in [1.82, 2.24) is 11.9 Å². The van der Waals surface area contributed by atoms with Crippen molar-refractivity contribution < 1.29 is 34.8 Å². The Morgan fingerprint density at radius 1 is 0.388 bits per heavy atom. The van der Waals surface area contributed by atoms with E-state index in [4.69, 9.17) is 0 Å². The highest BCUT2D eigenvalue weighted by Crippen LogP contribution is 2.39. The third-order valence-corrected chi connectivity index (χ3v) is 13.0. The van der Waals surface area contributed by atoms with Crippen molar-refractivity contribution in [2.45, 2.75) is 35.5 Å². The van der Waals surface area contributed by atoms with Crippen LogP contribution in [0.3, 0.4) is 0 Å². The SMILES string of the molecule is Cc1ccc(S(=O)(=O)n2cc(C=O)c(-c3cn(S(=O)(=O)c4ccc(C)cc4)cc3-c3cn(S(=O)(=O)c4ccc(C)cc4)cc3C=O)c2)cc1. The summed E-state index contributed by atoms with van der Waals surface area (Å²) < 4.78 is 84.7. The standard InChI is InChI=1S/C35H29N3O8S3/c1-24-4-10-29(11-5-24)47(41,42)36-16-27(22-39)32(18-36)34-20-38(49(45,46)31-14-8-26(3)9-15-31)21-35(34)33-19-37(17-28(33)23-40)48(43,44)30-12-6-25(2)7-13-30/h4-23H,1-3H3. The Morgan fingerprint density at radius 2 is 0.633 bits per heavy atom. The number of hydrogen-bond donors (Lipinski definition) is 0. The predicted octanol–water partition coefficient (Wildman–Crippen LogP) is 5.69. The second-order valence-corrected chi connectivity index (χ2v) is 17.0. The van der Waals surface area contributed by atoms with E-state index >= 15 is 0 Å². The van der Waals surface area contributed by atoms with Gasteiger partial charge in [-0.3, -0.25) is 9.59 Å². The summed E-state index contributed by atoms with van der Waals surface area (Å²) >= 11 is 0. The highest BCUT2D eigenvalue weighted by atomic mass is 32.2. The zero-order valence-corrected chi connectivity index (χ0v) is 28.8. The smallest absolute Gasteiger partial charge is 0.267 e. The van der Waals surface area contributed by atoms with Crippen molar-refractivity contribution in [3.63, 3.8) is 0 Å². The monoisotopic (exact) mass is 715 g/mol. The van der Waals surface area contributed by atoms with E-state index in [0.717, 1.165) is 41.0 Å². The van der Waals surface area contributed by atoms with Crippen molar-refractivity contribution in [1.29, 1.82) is 0 Å². The second-order valence-electron chi connectivity index (χ2n) is 11.5. The second kappa shape index (κ2) is 12.3. The summed E-state index contributed by atoms with van der Waals surface area (Å²) in [5.74, 6) is 0. The number of aldehydes is 2. The minimum Gasteiger partial charge on any atom is -0.298 e. The average molecular weight is 716 g/mol. The van der Waals surface area contributed by atoms with Gasteiger partial charge in [0.1, 0.15) is 0 Å². The largest absolute Gasteiger partial charge is 0.298 e. The normalized spacial score (nSPS) is 12.2. The lowest BCUT2D eigenvalue weighted by atomic mass is 9.98. The van der Waals surface area contributed by atoms with Crippen LogP contribution in [0.4, 0.5) is 0 Å². The molecule has 0 saturated carbocycles. The summed E-state index contributed by atoms with van der Waals surface area (Å²) in [5, 5.41) is 0. The van der Waals surface area contributed by atoms with Gasteiger partial charge in [-0.05, 0) is 57.2 Å². The van der Waals surface area contributed by atoms with E-state index in [-0.39, 0.29) is 48.1 Å². The number of nitrogens with zero attached hydrogens (tertiary/aromatic N) is 3. The van der Waals surface area contributed by atoms with Gasteiger partial charge in [0.15, 0.2) is 12.6 Å². The van der Waals surface area contributed by atoms with Crippen LogP contribution in [-0.2, 0) is 30.1 Å². The molecule has 0 amide bonds. The molecule has 3 heterocycles. The molecule has 0 atom stereocenters. The number of rotatable bonds is 10. The minimum atomic E-state index is -4.26. The Bertz CT molecular complexity index is 2430. The Labute approximate surface area is 283 Å². The summed E-state index contributed by atoms with van der Waals surface area (Å²) in [6.45, 7) is 5.41. The molecule has 0 unspecified atom stereocenters. The average Bonchev–Trinajstić information content (AvgIpc) is 3.82. The molecule has 11 nitrogen and oxygen atoms in total. The molecule has 3 aromatic carbocycles. The van der Waals surface area contributed by atoms with E-state index in [1.54, 1.807) is 57.2 Å². The van der Waals surface area contributed by atoms with E-state index in [1.807, 2.05) is 0 Å². The van der Waals surface area contributed by atoms with Gasteiger partial charge < -0.3 is 0 Å². The molecule has 0 aliphatic heterocycles. The first-order valence-electron chi connectivity index (χ1n) is 14.7. The van der Waals surface area contributed by atoms with Crippen LogP contribution in [0.1, 0.15) is 37.4 Å². The maximum absolute atomic E-state index is 13.9. The van der Waals surface area contributed by atoms with Gasteiger partial charge in [0.2, 0.25) is 0 Å². The van der Waals surface area contributed by atoms with Crippen LogP contribution in [0.25, 0.3) is 22.3 Å². The lowest BCUT2D eigenvalue weighted by molar-refractivity contribution is 0.111. The third-order valence-electron chi connectivity index (χ3n) is 8.09. The Kier molecular flexibility index (Phi) is 8.43. The zero-order valence-electron chi connectivity index (χ0n) is 26.4. The van der Waals surface area contributed by atoms with Crippen LogP contribution < -0.4 is 0 Å². The lowest BCUT2D eigenvalue weighted by Crippen LogP contribution is -2.11. The quantitative estimate of drug-likeness (QED) is 0.164. The molecule has 49 heavy (non-hydrogen) atoms. The molecule has 0 N–H and O–H groups in total. The molecular weight excluding hydrogens is 687 g/mol. The van der Waals surface area contributed by atoms with Crippen LogP contribution in [0.15, 0.2) is 125 Å². The van der Waals surface area contributed by atoms with Crippen molar-refractivity contribution >= 4 is 42.6 Å². The van der Waals surface area contributed by atoms with E-state index in [0.29, 0.717) is 12.6 Å². The maximum Gasteiger partial charge on any atom is 0.267 e. The summed E-state index contributed by atoms with van der Waals surface area (Å²) in [5.41, 5.74) is 2.49. The molecule has 6 rings (SSSR count). The Hall–Kier alpha value is -5.31. The maximum atomic E-state index is 13.9. The van der Waals surface area contributed by atoms with Crippen molar-refractivity contribution in [2.75, 3.05) is 0 Å². The number of aromatic nitrogens is 3. The number of benzene rings is 3. The first-order chi connectivity index (χ1) is 23.2. The molecule has 0 spiro atoms. The van der Waals surface area contributed by atoms with Gasteiger partial charge in [-0.2, -0.15) is 0 Å². The Balaban J connectivity index is 1.59. The molecular formula is C35H29N3O8S3. The number of carbonyl (C=O) groups excluding carboxylic acids is 2. The summed E-state index contributed by atoms with van der Waals surface area (Å²) in [6.07, 6.45) is 7.86. The van der Waals surface area contributed by atoms with Gasteiger partial charge in [-0.1, -0.05) is 53.1 Å². The Morgan fingerprint density at radius 3 is 0.898 bits per heavy atom. The van der Waals surface area contributed by atoms with Gasteiger partial charge in [-0.25, -0.2) is 37.2 Å². The van der Waals surface area contributed by atoms with Crippen LogP contribution >= 0.6 is 0 Å². The lowest BCUT2D eigenvalue weighted by Gasteiger charge is -2.06. The van der Waals surface area contributed by atoms with Crippen molar-refractivity contribution in [3.05, 3.63) is 138 Å². The summed E-state index contributed by atoms with van der Waals surface area (Å²) in [6, 6.07) is 18.3. The fraction of sp³-hybridized carbons (Fsp3) is 0.0857. The topological polar surface area (TPSA) is 151 Å². The number of hydrogen-bond acceptors (Lipinski definition) is 8. The molecule has 0 saturated heterocycles. The van der Waals surface area contributed by atoms with Crippen LogP contribution in [-0.4, -0.2) is 49.7 Å². The molecule has 0 fully saturated rings. The van der Waals surface area contributed by atoms with Crippen LogP contribution in [0.5, 0.6) is 0 Å². The first-order valence-corrected chi connectivity index (χ1v) is 19.0. The fourth-order valence-electron chi connectivity index (χ4n) is 5.30. The zero-order chi connectivity index (χ0) is 35.3. The van der Waals surface area contributed by atoms with Crippen molar-refractivity contribution in [3.8, 4) is 22.3 Å². The van der Waals surface area contributed by atoms with Gasteiger partial charge in [0, 0.05) is 70.6 Å². The molecule has 0 bridgehead atoms. The highest BCUT2D eigenvalue weighted by molar-refractivity contribution is 7.90. The van der Waals surface area contributed by atoms with Gasteiger partial charge >= 0.3 is 0 Å². The molecule has 14 heteroatoms. The predicted molar refractivity (Wildman–Crippen MR) is 183 cm³/mol. The molecule has 0 radical (unpaired) electrons. The summed E-state index contributed by atoms with van der Waals surface area (Å²) in [4.78, 5) is 24.6. The number of carbonyl (C=O) groups is 2. The van der Waals surface area contributed by atoms with E-state index in [9.17, 15) is 34.8 Å². The molecule has 0 aliphatic rings. The number of aryl methyl sites for hydroxylation is 3. The molecule has 3 aromatic heterocycles. The van der Waals surface area contributed by atoms with Crippen molar-refractivity contribution in [2.24, 2.45) is 0 Å². The molecule has 0 aliphatic carbocycles. The van der Waals surface area contributed by atoms with Gasteiger partial charge in [0.25, 0.3) is 30.1 Å². The molecule has 250 valence electrons. The highest BCUT2D eigenvalue weighted by Gasteiger charge is 2.28. The summed E-state index contributed by atoms with van der Waals surface area (Å²) in [7, 11) is -12.6. The van der Waals surface area contributed by atoms with E-state index in [2.05, 4.69) is 0 Å². The first kappa shape index (κ1) is 33.6. The third kappa shape index (κ3) is 5.98. The fourth-order valence-corrected chi connectivity index (χ4v) is 8.95. The van der Waals surface area contributed by atoms with E-state index in [1.165, 1.54) is 61.2 Å². The van der Waals surface area contributed by atoms with Crippen LogP contribution in [0, 0.1) is 20.8 Å². The van der Waals surface area contributed by atoms with Crippen LogP contribution in [0.2, 0.25) is 0 Å². The molecule has 6 aromatic rings. The van der Waals surface area contributed by atoms with Gasteiger partial charge in [-0.15, -0.1) is 0 Å². The minimum absolute atomic E-state index is 0.0320. The van der Waals surface area contributed by atoms with E-state index < -0.39 is 30.1 Å².